The third-order valence-corrected chi connectivity index (χ3v) is 9.83. The molecule has 0 unspecified atom stereocenters. The van der Waals surface area contributed by atoms with Gasteiger partial charge in [-0.2, -0.15) is 22.5 Å². The summed E-state index contributed by atoms with van der Waals surface area (Å²) in [6.07, 6.45) is -4.60. The molecular formula is C26H31F5N4O4S. The van der Waals surface area contributed by atoms with E-state index in [1.807, 2.05) is 0 Å². The summed E-state index contributed by atoms with van der Waals surface area (Å²) >= 11 is 0. The van der Waals surface area contributed by atoms with Crippen molar-refractivity contribution in [3.63, 3.8) is 0 Å². The molecule has 1 amide bonds. The fourth-order valence-electron chi connectivity index (χ4n) is 4.95. The van der Waals surface area contributed by atoms with Crippen molar-refractivity contribution in [1.82, 2.24) is 19.6 Å². The Balaban J connectivity index is 0.00000387. The van der Waals surface area contributed by atoms with Crippen LogP contribution < -0.4 is 10.1 Å². The number of nitrogens with one attached hydrogen (secondary N) is 1. The average Bonchev–Trinajstić information content (AvgIpc) is 3.81. The number of hydrogen-bond acceptors (Lipinski definition) is 6. The number of nitrogens with zero attached hydrogens (tertiary/aromatic N) is 3. The van der Waals surface area contributed by atoms with Gasteiger partial charge in [0.2, 0.25) is 21.8 Å². The van der Waals surface area contributed by atoms with E-state index in [-0.39, 0.29) is 57.0 Å². The Labute approximate surface area is 229 Å². The van der Waals surface area contributed by atoms with Crippen molar-refractivity contribution in [2.45, 2.75) is 87.2 Å². The second-order valence-corrected chi connectivity index (χ2v) is 12.6. The van der Waals surface area contributed by atoms with E-state index < -0.39 is 51.6 Å². The van der Waals surface area contributed by atoms with Gasteiger partial charge >= 0.3 is 6.18 Å². The fraction of sp³-hybridized carbons (Fsp3) is 0.577. The van der Waals surface area contributed by atoms with Gasteiger partial charge in [-0.25, -0.2) is 22.2 Å². The minimum Gasteiger partial charge on any atom is -0.478 e. The molecule has 3 atom stereocenters. The van der Waals surface area contributed by atoms with Gasteiger partial charge in [-0.1, -0.05) is 0 Å². The van der Waals surface area contributed by atoms with Gasteiger partial charge < -0.3 is 10.1 Å². The summed E-state index contributed by atoms with van der Waals surface area (Å²) in [5, 5.41) is 2.60. The van der Waals surface area contributed by atoms with Crippen LogP contribution in [0, 0.1) is 11.2 Å². The monoisotopic (exact) mass is 590 g/mol. The molecular weight excluding hydrogens is 559 g/mol. The molecule has 0 bridgehead atoms. The van der Waals surface area contributed by atoms with Crippen molar-refractivity contribution in [2.24, 2.45) is 5.41 Å². The predicted molar refractivity (Wildman–Crippen MR) is 134 cm³/mol. The second kappa shape index (κ2) is 10.5. The summed E-state index contributed by atoms with van der Waals surface area (Å²) in [7, 11) is -4.32. The van der Waals surface area contributed by atoms with Crippen LogP contribution in [0.15, 0.2) is 35.2 Å². The summed E-state index contributed by atoms with van der Waals surface area (Å²) in [6, 6.07) is 2.99. The molecule has 2 heterocycles. The first-order chi connectivity index (χ1) is 18.8. The Morgan fingerprint density at radius 1 is 1.20 bits per heavy atom. The highest BCUT2D eigenvalue weighted by Gasteiger charge is 2.62. The SMILES string of the molecule is C[C@H]1[C@H](F)C[C@@H](C(=O)NCc2cc(OCCC3(C(F)(F)F)CC3)nc(C3CC3)n2)N1S(=O)(=O)c1ccc(F)cc1.[HH]. The zero-order chi connectivity index (χ0) is 28.9. The summed E-state index contributed by atoms with van der Waals surface area (Å²) in [5.41, 5.74) is -1.38. The van der Waals surface area contributed by atoms with Gasteiger partial charge in [0.05, 0.1) is 35.2 Å². The molecule has 2 aromatic rings. The maximum Gasteiger partial charge on any atom is 0.394 e. The number of benzene rings is 1. The van der Waals surface area contributed by atoms with Gasteiger partial charge in [0.25, 0.3) is 0 Å². The molecule has 0 spiro atoms. The topological polar surface area (TPSA) is 101 Å². The standard InChI is InChI=1S/C26H29F5N4O4S.H2/c1-15-20(28)13-21(35(15)40(37,38)19-6-4-17(27)5-7-19)24(36)32-14-18-12-22(34-23(33-18)16-2-3-16)39-11-10-25(8-9-25)26(29,30)31;/h4-7,12,15-16,20-21H,2-3,8-11,13-14H2,1H3,(H,32,36);1H/t15-,20+,21-;/m0./s1. The zero-order valence-corrected chi connectivity index (χ0v) is 22.4. The van der Waals surface area contributed by atoms with Crippen molar-refractivity contribution in [3.05, 3.63) is 47.7 Å². The van der Waals surface area contributed by atoms with Crippen LogP contribution in [0.25, 0.3) is 0 Å². The van der Waals surface area contributed by atoms with Gasteiger partial charge in [0, 0.05) is 19.8 Å². The van der Waals surface area contributed by atoms with Crippen LogP contribution in [0.1, 0.15) is 64.3 Å². The summed E-state index contributed by atoms with van der Waals surface area (Å²) in [5.74, 6) is -0.748. The first kappa shape index (κ1) is 28.7. The molecule has 1 aromatic carbocycles. The Kier molecular flexibility index (Phi) is 7.53. The Morgan fingerprint density at radius 2 is 1.88 bits per heavy atom. The smallest absolute Gasteiger partial charge is 0.394 e. The number of sulfonamides is 1. The van der Waals surface area contributed by atoms with Crippen LogP contribution in [0.3, 0.4) is 0 Å². The molecule has 2 saturated carbocycles. The minimum atomic E-state index is -4.32. The quantitative estimate of drug-likeness (QED) is 0.404. The molecule has 3 fully saturated rings. The van der Waals surface area contributed by atoms with Crippen molar-refractivity contribution >= 4 is 15.9 Å². The Bertz CT molecular complexity index is 1370. The summed E-state index contributed by atoms with van der Waals surface area (Å²) in [4.78, 5) is 21.6. The largest absolute Gasteiger partial charge is 0.478 e. The van der Waals surface area contributed by atoms with Crippen molar-refractivity contribution in [2.75, 3.05) is 6.61 Å². The summed E-state index contributed by atoms with van der Waals surface area (Å²) < 4.78 is 101. The lowest BCUT2D eigenvalue weighted by atomic mass is 10.0. The van der Waals surface area contributed by atoms with E-state index in [1.54, 1.807) is 0 Å². The van der Waals surface area contributed by atoms with Crippen molar-refractivity contribution < 1.29 is 41.3 Å². The molecule has 220 valence electrons. The molecule has 14 heteroatoms. The number of aromatic nitrogens is 2. The van der Waals surface area contributed by atoms with Gasteiger partial charge in [-0.05, 0) is 63.3 Å². The maximum absolute atomic E-state index is 14.7. The van der Waals surface area contributed by atoms with Crippen LogP contribution >= 0.6 is 0 Å². The number of alkyl halides is 4. The van der Waals surface area contributed by atoms with E-state index in [0.717, 1.165) is 41.4 Å². The molecule has 8 nitrogen and oxygen atoms in total. The summed E-state index contributed by atoms with van der Waals surface area (Å²) in [6.45, 7) is 1.02. The molecule has 1 aliphatic heterocycles. The van der Waals surface area contributed by atoms with E-state index in [2.05, 4.69) is 15.3 Å². The third-order valence-electron chi connectivity index (χ3n) is 7.82. The van der Waals surface area contributed by atoms with Gasteiger partial charge in [-0.3, -0.25) is 4.79 Å². The van der Waals surface area contributed by atoms with Crippen LogP contribution in [0.2, 0.25) is 0 Å². The minimum absolute atomic E-state index is 0. The zero-order valence-electron chi connectivity index (χ0n) is 21.6. The van der Waals surface area contributed by atoms with E-state index in [0.29, 0.717) is 11.5 Å². The fourth-order valence-corrected chi connectivity index (χ4v) is 6.76. The Morgan fingerprint density at radius 3 is 2.48 bits per heavy atom. The number of halogens is 5. The highest BCUT2D eigenvalue weighted by Crippen LogP contribution is 2.59. The third kappa shape index (κ3) is 5.78. The molecule has 0 radical (unpaired) electrons. The van der Waals surface area contributed by atoms with Crippen LogP contribution in [-0.4, -0.2) is 59.6 Å². The number of hydrogen-bond donors (Lipinski definition) is 1. The van der Waals surface area contributed by atoms with E-state index in [9.17, 15) is 35.2 Å². The Hall–Kier alpha value is -2.87. The number of carbonyl (C=O) groups excluding carboxylic acids is 1. The molecule has 1 saturated heterocycles. The first-order valence-electron chi connectivity index (χ1n) is 13.1. The van der Waals surface area contributed by atoms with Gasteiger partial charge in [0.15, 0.2) is 0 Å². The van der Waals surface area contributed by atoms with E-state index >= 15 is 0 Å². The van der Waals surface area contributed by atoms with Crippen LogP contribution in [-0.2, 0) is 21.4 Å². The van der Waals surface area contributed by atoms with Gasteiger partial charge in [-0.15, -0.1) is 0 Å². The molecule has 5 rings (SSSR count). The molecule has 2 aliphatic carbocycles. The lowest BCUT2D eigenvalue weighted by molar-refractivity contribution is -0.190. The highest BCUT2D eigenvalue weighted by molar-refractivity contribution is 7.89. The second-order valence-electron chi connectivity index (χ2n) is 10.7. The lowest BCUT2D eigenvalue weighted by Gasteiger charge is -2.26. The molecule has 1 N–H and O–H groups in total. The number of ether oxygens (including phenoxy) is 1. The van der Waals surface area contributed by atoms with Gasteiger partial charge in [0.1, 0.15) is 23.9 Å². The predicted octanol–water partition coefficient (Wildman–Crippen LogP) is 4.66. The number of amides is 1. The molecule has 1 aromatic heterocycles. The molecule has 40 heavy (non-hydrogen) atoms. The first-order valence-corrected chi connectivity index (χ1v) is 14.5. The van der Waals surface area contributed by atoms with Crippen molar-refractivity contribution in [3.8, 4) is 5.88 Å². The van der Waals surface area contributed by atoms with E-state index in [4.69, 9.17) is 4.74 Å². The average molecular weight is 591 g/mol. The number of carbonyl (C=O) groups is 1. The maximum atomic E-state index is 14.7. The van der Waals surface area contributed by atoms with Crippen LogP contribution in [0.4, 0.5) is 22.0 Å². The highest BCUT2D eigenvalue weighted by atomic mass is 32.2. The van der Waals surface area contributed by atoms with Crippen molar-refractivity contribution in [1.29, 1.82) is 0 Å². The lowest BCUT2D eigenvalue weighted by Crippen LogP contribution is -2.48. The normalized spacial score (nSPS) is 24.6. The molecule has 3 aliphatic rings. The number of rotatable bonds is 10. The van der Waals surface area contributed by atoms with E-state index in [1.165, 1.54) is 13.0 Å². The van der Waals surface area contributed by atoms with Crippen LogP contribution in [0.5, 0.6) is 5.88 Å².